The van der Waals surface area contributed by atoms with Crippen molar-refractivity contribution in [3.8, 4) is 6.01 Å². The number of hydrogen-bond acceptors (Lipinski definition) is 7. The molecule has 1 aliphatic carbocycles. The van der Waals surface area contributed by atoms with Crippen molar-refractivity contribution in [2.75, 3.05) is 17.3 Å². The van der Waals surface area contributed by atoms with Gasteiger partial charge in [0, 0.05) is 6.54 Å². The zero-order valence-electron chi connectivity index (χ0n) is 12.9. The molecule has 1 aliphatic rings. The first kappa shape index (κ1) is 15.8. The number of nitrogens with two attached hydrogens (primary N) is 1. The number of anilines is 2. The Labute approximate surface area is 126 Å². The van der Waals surface area contributed by atoms with Crippen LogP contribution in [0.25, 0.3) is 0 Å². The van der Waals surface area contributed by atoms with Gasteiger partial charge < -0.3 is 10.1 Å². The van der Waals surface area contributed by atoms with E-state index in [-0.39, 0.29) is 12.1 Å². The van der Waals surface area contributed by atoms with E-state index in [0.29, 0.717) is 11.9 Å². The summed E-state index contributed by atoms with van der Waals surface area (Å²) < 4.78 is 5.49. The van der Waals surface area contributed by atoms with Crippen LogP contribution in [0.5, 0.6) is 6.01 Å². The molecule has 0 spiro atoms. The standard InChI is InChI=1S/C14H26N6O/c1-10(2)21-14-18-12(17-13(19-14)20-15)16-9-5-8-11-6-3-4-7-11/h10-11H,3-9,15H2,1-2H3,(H2,16,17,18,19,20). The van der Waals surface area contributed by atoms with E-state index in [1.165, 1.54) is 32.1 Å². The first-order chi connectivity index (χ1) is 10.2. The first-order valence-electron chi connectivity index (χ1n) is 7.80. The molecular weight excluding hydrogens is 268 g/mol. The van der Waals surface area contributed by atoms with Crippen LogP contribution in [-0.2, 0) is 0 Å². The number of hydrogen-bond donors (Lipinski definition) is 3. The molecule has 7 nitrogen and oxygen atoms in total. The van der Waals surface area contributed by atoms with E-state index < -0.39 is 0 Å². The van der Waals surface area contributed by atoms with Crippen LogP contribution in [0.4, 0.5) is 11.9 Å². The van der Waals surface area contributed by atoms with E-state index in [1.54, 1.807) is 0 Å². The lowest BCUT2D eigenvalue weighted by Crippen LogP contribution is -2.16. The van der Waals surface area contributed by atoms with Crippen LogP contribution < -0.4 is 21.3 Å². The van der Waals surface area contributed by atoms with E-state index in [4.69, 9.17) is 10.6 Å². The second-order valence-corrected chi connectivity index (χ2v) is 5.80. The highest BCUT2D eigenvalue weighted by Crippen LogP contribution is 2.28. The Kier molecular flexibility index (Phi) is 5.98. The number of nitrogens with one attached hydrogen (secondary N) is 2. The summed E-state index contributed by atoms with van der Waals surface area (Å²) in [7, 11) is 0. The maximum absolute atomic E-state index is 5.49. The highest BCUT2D eigenvalue weighted by Gasteiger charge is 2.14. The van der Waals surface area contributed by atoms with Crippen molar-refractivity contribution in [2.24, 2.45) is 11.8 Å². The lowest BCUT2D eigenvalue weighted by Gasteiger charge is -2.12. The molecule has 0 saturated heterocycles. The molecule has 2 rings (SSSR count). The third-order valence-electron chi connectivity index (χ3n) is 3.63. The first-order valence-corrected chi connectivity index (χ1v) is 7.80. The highest BCUT2D eigenvalue weighted by atomic mass is 16.5. The van der Waals surface area contributed by atoms with Crippen LogP contribution in [0.3, 0.4) is 0 Å². The van der Waals surface area contributed by atoms with Crippen molar-refractivity contribution in [1.82, 2.24) is 15.0 Å². The summed E-state index contributed by atoms with van der Waals surface area (Å²) in [4.78, 5) is 12.5. The average Bonchev–Trinajstić information content (AvgIpc) is 2.96. The molecule has 0 amide bonds. The molecule has 7 heteroatoms. The minimum Gasteiger partial charge on any atom is -0.461 e. The molecule has 21 heavy (non-hydrogen) atoms. The molecule has 0 bridgehead atoms. The summed E-state index contributed by atoms with van der Waals surface area (Å²) in [6.07, 6.45) is 7.98. The largest absolute Gasteiger partial charge is 0.461 e. The van der Waals surface area contributed by atoms with Gasteiger partial charge in [-0.15, -0.1) is 0 Å². The predicted molar refractivity (Wildman–Crippen MR) is 83.1 cm³/mol. The number of nitrogens with zero attached hydrogens (tertiary/aromatic N) is 3. The number of hydrazine groups is 1. The van der Waals surface area contributed by atoms with Gasteiger partial charge >= 0.3 is 6.01 Å². The van der Waals surface area contributed by atoms with E-state index in [2.05, 4.69) is 25.7 Å². The van der Waals surface area contributed by atoms with Crippen molar-refractivity contribution in [3.05, 3.63) is 0 Å². The van der Waals surface area contributed by atoms with E-state index >= 15 is 0 Å². The number of aromatic nitrogens is 3. The lowest BCUT2D eigenvalue weighted by molar-refractivity contribution is 0.222. The Balaban J connectivity index is 1.82. The van der Waals surface area contributed by atoms with Gasteiger partial charge in [0.2, 0.25) is 11.9 Å². The molecule has 0 atom stereocenters. The number of rotatable bonds is 8. The normalized spacial score (nSPS) is 15.4. The highest BCUT2D eigenvalue weighted by molar-refractivity contribution is 5.34. The number of nitrogen functional groups attached to an aromatic ring is 1. The fourth-order valence-corrected chi connectivity index (χ4v) is 2.65. The molecule has 118 valence electrons. The second kappa shape index (κ2) is 7.97. The van der Waals surface area contributed by atoms with Crippen molar-refractivity contribution in [2.45, 2.75) is 58.5 Å². The average molecular weight is 294 g/mol. The van der Waals surface area contributed by atoms with Gasteiger partial charge in [0.15, 0.2) is 0 Å². The Hall–Kier alpha value is -1.63. The molecule has 0 unspecified atom stereocenters. The van der Waals surface area contributed by atoms with Crippen LogP contribution in [0.15, 0.2) is 0 Å². The van der Waals surface area contributed by atoms with E-state index in [9.17, 15) is 0 Å². The summed E-state index contributed by atoms with van der Waals surface area (Å²) in [6.45, 7) is 4.70. The van der Waals surface area contributed by atoms with Gasteiger partial charge in [-0.05, 0) is 32.6 Å². The van der Waals surface area contributed by atoms with Crippen LogP contribution in [0.2, 0.25) is 0 Å². The van der Waals surface area contributed by atoms with Crippen LogP contribution in [-0.4, -0.2) is 27.6 Å². The molecule has 0 aliphatic heterocycles. The molecular formula is C14H26N6O. The van der Waals surface area contributed by atoms with Crippen LogP contribution >= 0.6 is 0 Å². The van der Waals surface area contributed by atoms with Crippen molar-refractivity contribution in [3.63, 3.8) is 0 Å². The van der Waals surface area contributed by atoms with Gasteiger partial charge in [-0.3, -0.25) is 5.43 Å². The van der Waals surface area contributed by atoms with Gasteiger partial charge in [-0.25, -0.2) is 5.84 Å². The monoisotopic (exact) mass is 294 g/mol. The van der Waals surface area contributed by atoms with Crippen LogP contribution in [0.1, 0.15) is 52.4 Å². The quantitative estimate of drug-likeness (QED) is 0.384. The molecule has 4 N–H and O–H groups in total. The third kappa shape index (κ3) is 5.34. The lowest BCUT2D eigenvalue weighted by atomic mass is 10.0. The zero-order chi connectivity index (χ0) is 15.1. The smallest absolute Gasteiger partial charge is 0.323 e. The van der Waals surface area contributed by atoms with Crippen molar-refractivity contribution >= 4 is 11.9 Å². The molecule has 1 aromatic heterocycles. The van der Waals surface area contributed by atoms with Gasteiger partial charge in [-0.1, -0.05) is 25.7 Å². The van der Waals surface area contributed by atoms with Gasteiger partial charge in [-0.2, -0.15) is 15.0 Å². The Bertz CT molecular complexity index is 433. The number of ether oxygens (including phenoxy) is 1. The Morgan fingerprint density at radius 3 is 2.57 bits per heavy atom. The summed E-state index contributed by atoms with van der Waals surface area (Å²) >= 11 is 0. The minimum atomic E-state index is 0.00763. The molecule has 1 fully saturated rings. The Morgan fingerprint density at radius 2 is 1.90 bits per heavy atom. The fraction of sp³-hybridized carbons (Fsp3) is 0.786. The topological polar surface area (TPSA) is 98.0 Å². The van der Waals surface area contributed by atoms with Gasteiger partial charge in [0.1, 0.15) is 0 Å². The fourth-order valence-electron chi connectivity index (χ4n) is 2.65. The van der Waals surface area contributed by atoms with E-state index in [1.807, 2.05) is 13.8 Å². The summed E-state index contributed by atoms with van der Waals surface area (Å²) in [6, 6.07) is 0.284. The third-order valence-corrected chi connectivity index (χ3v) is 3.63. The minimum absolute atomic E-state index is 0.00763. The van der Waals surface area contributed by atoms with Gasteiger partial charge in [0.25, 0.3) is 0 Å². The summed E-state index contributed by atoms with van der Waals surface area (Å²) in [5.74, 6) is 7.08. The molecule has 1 heterocycles. The maximum atomic E-state index is 5.49. The molecule has 1 saturated carbocycles. The summed E-state index contributed by atoms with van der Waals surface area (Å²) in [5, 5.41) is 3.22. The van der Waals surface area contributed by atoms with E-state index in [0.717, 1.165) is 18.9 Å². The predicted octanol–water partition coefficient (Wildman–Crippen LogP) is 2.33. The Morgan fingerprint density at radius 1 is 1.19 bits per heavy atom. The van der Waals surface area contributed by atoms with Crippen molar-refractivity contribution in [1.29, 1.82) is 0 Å². The SMILES string of the molecule is CC(C)Oc1nc(NN)nc(NCCCC2CCCC2)n1. The maximum Gasteiger partial charge on any atom is 0.323 e. The molecule has 1 aromatic rings. The molecule has 0 radical (unpaired) electrons. The second-order valence-electron chi connectivity index (χ2n) is 5.80. The van der Waals surface area contributed by atoms with Crippen LogP contribution in [0, 0.1) is 5.92 Å². The zero-order valence-corrected chi connectivity index (χ0v) is 12.9. The van der Waals surface area contributed by atoms with Crippen molar-refractivity contribution < 1.29 is 4.74 Å². The molecule has 0 aromatic carbocycles. The summed E-state index contributed by atoms with van der Waals surface area (Å²) in [5.41, 5.74) is 2.43. The van der Waals surface area contributed by atoms with Gasteiger partial charge in [0.05, 0.1) is 6.10 Å².